The van der Waals surface area contributed by atoms with Gasteiger partial charge in [0.2, 0.25) is 5.88 Å². The number of aryl methyl sites for hydroxylation is 1. The minimum atomic E-state index is -0.472. The molecule has 1 atom stereocenters. The van der Waals surface area contributed by atoms with Gasteiger partial charge in [0.05, 0.1) is 5.92 Å². The van der Waals surface area contributed by atoms with Crippen LogP contribution in [0.1, 0.15) is 45.1 Å². The Morgan fingerprint density at radius 1 is 1.33 bits per heavy atom. The summed E-state index contributed by atoms with van der Waals surface area (Å²) in [6, 6.07) is 10.3. The Morgan fingerprint density at radius 3 is 2.78 bits per heavy atom. The van der Waals surface area contributed by atoms with Crippen molar-refractivity contribution in [3.63, 3.8) is 0 Å². The van der Waals surface area contributed by atoms with Crippen LogP contribution >= 0.6 is 0 Å². The monoisotopic (exact) mass is 361 g/mol. The molecule has 2 heterocycles. The number of hydrogen-bond acceptors (Lipinski definition) is 4. The van der Waals surface area contributed by atoms with Crippen LogP contribution in [0.15, 0.2) is 53.3 Å². The third kappa shape index (κ3) is 2.64. The molecular weight excluding hydrogens is 338 g/mol. The summed E-state index contributed by atoms with van der Waals surface area (Å²) >= 11 is 0. The average molecular weight is 361 g/mol. The molecule has 5 nitrogen and oxygen atoms in total. The number of benzene rings is 1. The predicted octanol–water partition coefficient (Wildman–Crippen LogP) is 4.11. The first-order chi connectivity index (χ1) is 12.9. The molecule has 27 heavy (non-hydrogen) atoms. The zero-order valence-electron chi connectivity index (χ0n) is 15.9. The molecule has 0 amide bonds. The van der Waals surface area contributed by atoms with E-state index in [0.29, 0.717) is 29.7 Å². The van der Waals surface area contributed by atoms with Crippen LogP contribution in [0.2, 0.25) is 0 Å². The van der Waals surface area contributed by atoms with Crippen molar-refractivity contribution in [1.82, 2.24) is 4.57 Å². The molecule has 1 aromatic carbocycles. The second-order valence-corrected chi connectivity index (χ2v) is 8.09. The van der Waals surface area contributed by atoms with Gasteiger partial charge in [-0.3, -0.25) is 4.79 Å². The van der Waals surface area contributed by atoms with Crippen molar-refractivity contribution in [2.75, 3.05) is 0 Å². The number of nitrogens with two attached hydrogens (primary N) is 1. The number of nitrogens with zero attached hydrogens (tertiary/aromatic N) is 2. The number of carbonyl (C=O) groups excluding carboxylic acids is 1. The molecule has 0 bridgehead atoms. The largest absolute Gasteiger partial charge is 0.444 e. The summed E-state index contributed by atoms with van der Waals surface area (Å²) in [6.07, 6.45) is 3.12. The topological polar surface area (TPSA) is 81.0 Å². The zero-order valence-corrected chi connectivity index (χ0v) is 15.9. The number of Topliss-reactive ketones (excluding diaryl/α,β-unsaturated/α-hetero) is 1. The lowest BCUT2D eigenvalue weighted by Crippen LogP contribution is -2.33. The normalized spacial score (nSPS) is 21.9. The minimum Gasteiger partial charge on any atom is -0.444 e. The number of carbonyl (C=O) groups is 1. The standard InChI is InChI=1S/C22H23N3O2/c1-4-25-12-15(13-7-5-6-8-16(13)25)19-14(11-23)21(24)27-18-10-22(2,3)9-17(26)20(18)19/h5-8,12,19H,4,9-10,24H2,1-3H3. The molecule has 1 unspecified atom stereocenters. The van der Waals surface area contributed by atoms with Gasteiger partial charge in [-0.1, -0.05) is 32.0 Å². The summed E-state index contributed by atoms with van der Waals surface area (Å²) in [4.78, 5) is 13.1. The van der Waals surface area contributed by atoms with Crippen molar-refractivity contribution in [3.05, 3.63) is 58.8 Å². The van der Waals surface area contributed by atoms with Gasteiger partial charge in [-0.2, -0.15) is 5.26 Å². The first kappa shape index (κ1) is 17.4. The summed E-state index contributed by atoms with van der Waals surface area (Å²) < 4.78 is 7.93. The van der Waals surface area contributed by atoms with E-state index < -0.39 is 5.92 Å². The molecule has 1 aromatic heterocycles. The Kier molecular flexibility index (Phi) is 3.88. The number of ether oxygens (including phenoxy) is 1. The molecule has 1 aliphatic heterocycles. The Hall–Kier alpha value is -3.00. The predicted molar refractivity (Wildman–Crippen MR) is 103 cm³/mol. The summed E-state index contributed by atoms with van der Waals surface area (Å²) in [6.45, 7) is 6.98. The molecule has 5 heteroatoms. The summed E-state index contributed by atoms with van der Waals surface area (Å²) in [5.41, 5.74) is 8.89. The maximum Gasteiger partial charge on any atom is 0.205 e. The van der Waals surface area contributed by atoms with Crippen molar-refractivity contribution < 1.29 is 9.53 Å². The molecule has 2 N–H and O–H groups in total. The van der Waals surface area contributed by atoms with E-state index >= 15 is 0 Å². The van der Waals surface area contributed by atoms with E-state index in [0.717, 1.165) is 23.0 Å². The quantitative estimate of drug-likeness (QED) is 0.873. The third-order valence-corrected chi connectivity index (χ3v) is 5.55. The number of para-hydroxylation sites is 1. The fourth-order valence-electron chi connectivity index (χ4n) is 4.36. The van der Waals surface area contributed by atoms with E-state index in [1.165, 1.54) is 0 Å². The van der Waals surface area contributed by atoms with Crippen molar-refractivity contribution >= 4 is 16.7 Å². The van der Waals surface area contributed by atoms with Crippen molar-refractivity contribution in [2.45, 2.75) is 46.1 Å². The zero-order chi connectivity index (χ0) is 19.3. The lowest BCUT2D eigenvalue weighted by Gasteiger charge is -2.37. The third-order valence-electron chi connectivity index (χ3n) is 5.55. The van der Waals surface area contributed by atoms with Gasteiger partial charge in [-0.25, -0.2) is 0 Å². The van der Waals surface area contributed by atoms with Gasteiger partial charge >= 0.3 is 0 Å². The molecule has 0 saturated carbocycles. The number of allylic oxidation sites excluding steroid dienone is 3. The minimum absolute atomic E-state index is 0.0415. The first-order valence-corrected chi connectivity index (χ1v) is 9.28. The van der Waals surface area contributed by atoms with Gasteiger partial charge in [0.25, 0.3) is 0 Å². The first-order valence-electron chi connectivity index (χ1n) is 9.28. The van der Waals surface area contributed by atoms with Crippen LogP contribution in [-0.4, -0.2) is 10.4 Å². The van der Waals surface area contributed by atoms with Crippen LogP contribution in [0.4, 0.5) is 0 Å². The number of aromatic nitrogens is 1. The molecule has 2 aliphatic rings. The molecule has 1 aliphatic carbocycles. The smallest absolute Gasteiger partial charge is 0.205 e. The Labute approximate surface area is 158 Å². The number of fused-ring (bicyclic) bond motifs is 1. The fourth-order valence-corrected chi connectivity index (χ4v) is 4.36. The molecule has 0 radical (unpaired) electrons. The molecule has 0 spiro atoms. The second kappa shape index (κ2) is 6.02. The maximum atomic E-state index is 13.1. The Balaban J connectivity index is 1.99. The molecule has 0 saturated heterocycles. The number of rotatable bonds is 2. The molecular formula is C22H23N3O2. The Morgan fingerprint density at radius 2 is 2.07 bits per heavy atom. The maximum absolute atomic E-state index is 13.1. The Bertz CT molecular complexity index is 1060. The SMILES string of the molecule is CCn1cc(C2C(C#N)=C(N)OC3=C2C(=O)CC(C)(C)C3)c2ccccc21. The highest BCUT2D eigenvalue weighted by Gasteiger charge is 2.43. The van der Waals surface area contributed by atoms with Crippen molar-refractivity contribution in [1.29, 1.82) is 5.26 Å². The van der Waals surface area contributed by atoms with E-state index in [1.807, 2.05) is 24.4 Å². The highest BCUT2D eigenvalue weighted by Crippen LogP contribution is 2.49. The van der Waals surface area contributed by atoms with Crippen molar-refractivity contribution in [2.24, 2.45) is 11.1 Å². The summed E-state index contributed by atoms with van der Waals surface area (Å²) in [5, 5.41) is 10.8. The van der Waals surface area contributed by atoms with Gasteiger partial charge in [0.1, 0.15) is 17.4 Å². The number of nitriles is 1. The van der Waals surface area contributed by atoms with Gasteiger partial charge in [0, 0.05) is 42.1 Å². The lowest BCUT2D eigenvalue weighted by molar-refractivity contribution is -0.119. The highest BCUT2D eigenvalue weighted by molar-refractivity contribution is 6.01. The molecule has 2 aromatic rings. The van der Waals surface area contributed by atoms with Crippen LogP contribution in [0.25, 0.3) is 10.9 Å². The molecule has 4 rings (SSSR count). The molecule has 138 valence electrons. The van der Waals surface area contributed by atoms with E-state index in [-0.39, 0.29) is 17.1 Å². The average Bonchev–Trinajstić information content (AvgIpc) is 2.98. The summed E-state index contributed by atoms with van der Waals surface area (Å²) in [7, 11) is 0. The molecule has 0 fully saturated rings. The number of ketones is 1. The van der Waals surface area contributed by atoms with Gasteiger partial charge in [-0.15, -0.1) is 0 Å². The van der Waals surface area contributed by atoms with Gasteiger partial charge in [0.15, 0.2) is 5.78 Å². The van der Waals surface area contributed by atoms with E-state index in [4.69, 9.17) is 10.5 Å². The fraction of sp³-hybridized carbons (Fsp3) is 0.364. The number of hydrogen-bond donors (Lipinski definition) is 1. The van der Waals surface area contributed by atoms with Crippen LogP contribution in [-0.2, 0) is 16.1 Å². The van der Waals surface area contributed by atoms with Gasteiger partial charge < -0.3 is 15.0 Å². The van der Waals surface area contributed by atoms with Crippen LogP contribution in [0, 0.1) is 16.7 Å². The van der Waals surface area contributed by atoms with Crippen LogP contribution in [0.3, 0.4) is 0 Å². The van der Waals surface area contributed by atoms with Crippen LogP contribution in [0.5, 0.6) is 0 Å². The highest BCUT2D eigenvalue weighted by atomic mass is 16.5. The van der Waals surface area contributed by atoms with E-state index in [2.05, 4.69) is 37.5 Å². The van der Waals surface area contributed by atoms with Crippen molar-refractivity contribution in [3.8, 4) is 6.07 Å². The lowest BCUT2D eigenvalue weighted by atomic mass is 9.70. The summed E-state index contributed by atoms with van der Waals surface area (Å²) in [5.74, 6) is 0.297. The van der Waals surface area contributed by atoms with Gasteiger partial charge in [-0.05, 0) is 24.0 Å². The van der Waals surface area contributed by atoms with E-state index in [1.54, 1.807) is 0 Å². The second-order valence-electron chi connectivity index (χ2n) is 8.09. The van der Waals surface area contributed by atoms with Crippen LogP contribution < -0.4 is 5.73 Å². The van der Waals surface area contributed by atoms with E-state index in [9.17, 15) is 10.1 Å².